The average molecular weight is 230 g/mol. The quantitative estimate of drug-likeness (QED) is 0.783. The lowest BCUT2D eigenvalue weighted by Crippen LogP contribution is -2.17. The van der Waals surface area contributed by atoms with Crippen LogP contribution in [0.25, 0.3) is 0 Å². The number of terminal acetylenes is 1. The van der Waals surface area contributed by atoms with Crippen molar-refractivity contribution in [2.24, 2.45) is 0 Å². The first-order chi connectivity index (χ1) is 7.08. The van der Waals surface area contributed by atoms with Crippen molar-refractivity contribution < 1.29 is 8.78 Å². The smallest absolute Gasteiger partial charge is 0.150 e. The zero-order chi connectivity index (χ0) is 11.4. The van der Waals surface area contributed by atoms with Crippen molar-refractivity contribution in [1.29, 1.82) is 0 Å². The van der Waals surface area contributed by atoms with Gasteiger partial charge in [0.05, 0.1) is 16.8 Å². The highest BCUT2D eigenvalue weighted by atomic mass is 35.5. The van der Waals surface area contributed by atoms with Crippen LogP contribution in [0.15, 0.2) is 12.1 Å². The van der Waals surface area contributed by atoms with Crippen molar-refractivity contribution in [3.05, 3.63) is 28.8 Å². The fourth-order valence-corrected chi connectivity index (χ4v) is 1.36. The van der Waals surface area contributed by atoms with Crippen LogP contribution in [-0.4, -0.2) is 6.04 Å². The summed E-state index contributed by atoms with van der Waals surface area (Å²) in [6.07, 6.45) is 5.84. The van der Waals surface area contributed by atoms with Crippen LogP contribution in [0.3, 0.4) is 0 Å². The van der Waals surface area contributed by atoms with Crippen LogP contribution in [-0.2, 0) is 0 Å². The Kier molecular flexibility index (Phi) is 3.93. The molecule has 0 aliphatic rings. The van der Waals surface area contributed by atoms with Gasteiger partial charge in [-0.2, -0.15) is 0 Å². The van der Waals surface area contributed by atoms with E-state index < -0.39 is 11.6 Å². The van der Waals surface area contributed by atoms with Gasteiger partial charge in [0.2, 0.25) is 0 Å². The maximum absolute atomic E-state index is 13.3. The van der Waals surface area contributed by atoms with Crippen molar-refractivity contribution in [1.82, 2.24) is 0 Å². The van der Waals surface area contributed by atoms with Crippen molar-refractivity contribution in [2.75, 3.05) is 5.32 Å². The zero-order valence-electron chi connectivity index (χ0n) is 8.15. The second-order valence-electron chi connectivity index (χ2n) is 3.02. The Labute approximate surface area is 92.4 Å². The summed E-state index contributed by atoms with van der Waals surface area (Å²) < 4.78 is 26.0. The molecule has 0 saturated heterocycles. The summed E-state index contributed by atoms with van der Waals surface area (Å²) in [5.74, 6) is 0.986. The molecule has 1 aromatic carbocycles. The number of hydrogen-bond acceptors (Lipinski definition) is 1. The topological polar surface area (TPSA) is 12.0 Å². The van der Waals surface area contributed by atoms with Gasteiger partial charge >= 0.3 is 0 Å². The molecule has 1 rings (SSSR count). The third-order valence-electron chi connectivity index (χ3n) is 1.93. The van der Waals surface area contributed by atoms with Crippen LogP contribution < -0.4 is 5.32 Å². The average Bonchev–Trinajstić information content (AvgIpc) is 2.17. The van der Waals surface area contributed by atoms with Gasteiger partial charge in [0.25, 0.3) is 0 Å². The first kappa shape index (κ1) is 11.8. The molecule has 0 amide bonds. The molecule has 0 radical (unpaired) electrons. The van der Waals surface area contributed by atoms with Crippen molar-refractivity contribution in [3.63, 3.8) is 0 Å². The van der Waals surface area contributed by atoms with Gasteiger partial charge in [-0.15, -0.1) is 6.42 Å². The van der Waals surface area contributed by atoms with E-state index in [9.17, 15) is 8.78 Å². The Morgan fingerprint density at radius 2 is 2.20 bits per heavy atom. The Balaban J connectivity index is 3.00. The number of hydrogen-bond donors (Lipinski definition) is 1. The van der Waals surface area contributed by atoms with E-state index >= 15 is 0 Å². The SMILES string of the molecule is C#CC(CC)Nc1c(F)cc(F)cc1Cl. The van der Waals surface area contributed by atoms with Crippen LogP contribution in [0, 0.1) is 24.0 Å². The molecular weight excluding hydrogens is 220 g/mol. The Hall–Kier alpha value is -1.27. The third kappa shape index (κ3) is 2.84. The van der Waals surface area contributed by atoms with Gasteiger partial charge in [0, 0.05) is 6.07 Å². The van der Waals surface area contributed by atoms with Crippen LogP contribution in [0.2, 0.25) is 5.02 Å². The van der Waals surface area contributed by atoms with E-state index in [1.165, 1.54) is 0 Å². The third-order valence-corrected chi connectivity index (χ3v) is 2.23. The molecule has 0 aliphatic heterocycles. The largest absolute Gasteiger partial charge is 0.368 e. The normalized spacial score (nSPS) is 11.9. The molecule has 80 valence electrons. The van der Waals surface area contributed by atoms with Crippen LogP contribution >= 0.6 is 11.6 Å². The van der Waals surface area contributed by atoms with Crippen LogP contribution in [0.1, 0.15) is 13.3 Å². The van der Waals surface area contributed by atoms with Crippen LogP contribution in [0.5, 0.6) is 0 Å². The summed E-state index contributed by atoms with van der Waals surface area (Å²) in [7, 11) is 0. The summed E-state index contributed by atoms with van der Waals surface area (Å²) in [6, 6.07) is 1.48. The van der Waals surface area contributed by atoms with E-state index in [4.69, 9.17) is 18.0 Å². The molecule has 1 unspecified atom stereocenters. The standard InChI is InChI=1S/C11H10ClF2N/c1-3-8(4-2)15-11-9(12)5-7(13)6-10(11)14/h1,5-6,8,15H,4H2,2H3. The van der Waals surface area contributed by atoms with Gasteiger partial charge in [-0.3, -0.25) is 0 Å². The van der Waals surface area contributed by atoms with Crippen molar-refractivity contribution in [2.45, 2.75) is 19.4 Å². The highest BCUT2D eigenvalue weighted by molar-refractivity contribution is 6.33. The Bertz CT molecular complexity index is 375. The monoisotopic (exact) mass is 229 g/mol. The summed E-state index contributed by atoms with van der Waals surface area (Å²) in [6.45, 7) is 1.85. The van der Waals surface area contributed by atoms with E-state index in [1.54, 1.807) is 0 Å². The molecule has 0 aromatic heterocycles. The number of nitrogens with one attached hydrogen (secondary N) is 1. The second-order valence-corrected chi connectivity index (χ2v) is 3.42. The van der Waals surface area contributed by atoms with E-state index in [0.29, 0.717) is 6.42 Å². The molecule has 0 aliphatic carbocycles. The predicted octanol–water partition coefficient (Wildman–Crippen LogP) is 3.44. The van der Waals surface area contributed by atoms with Gasteiger partial charge in [0.1, 0.15) is 5.82 Å². The molecule has 1 N–H and O–H groups in total. The highest BCUT2D eigenvalue weighted by Gasteiger charge is 2.12. The lowest BCUT2D eigenvalue weighted by Gasteiger charge is -2.14. The molecule has 0 bridgehead atoms. The van der Waals surface area contributed by atoms with Gasteiger partial charge in [-0.25, -0.2) is 8.78 Å². The maximum atomic E-state index is 13.3. The molecular formula is C11H10ClF2N. The predicted molar refractivity (Wildman–Crippen MR) is 57.9 cm³/mol. The summed E-state index contributed by atoms with van der Waals surface area (Å²) >= 11 is 5.68. The molecule has 0 heterocycles. The van der Waals surface area contributed by atoms with E-state index in [0.717, 1.165) is 12.1 Å². The minimum Gasteiger partial charge on any atom is -0.368 e. The number of benzene rings is 1. The Morgan fingerprint density at radius 1 is 1.53 bits per heavy atom. The molecule has 15 heavy (non-hydrogen) atoms. The molecule has 0 saturated carbocycles. The van der Waals surface area contributed by atoms with Crippen molar-refractivity contribution in [3.8, 4) is 12.3 Å². The molecule has 0 fully saturated rings. The van der Waals surface area contributed by atoms with Crippen LogP contribution in [0.4, 0.5) is 14.5 Å². The first-order valence-corrected chi connectivity index (χ1v) is 4.83. The minimum absolute atomic E-state index is 0.0128. The van der Waals surface area contributed by atoms with E-state index in [-0.39, 0.29) is 16.8 Å². The molecule has 1 aromatic rings. The number of halogens is 3. The molecule has 1 nitrogen and oxygen atoms in total. The van der Waals surface area contributed by atoms with E-state index in [1.807, 2.05) is 6.92 Å². The van der Waals surface area contributed by atoms with Gasteiger partial charge in [0.15, 0.2) is 5.82 Å². The lowest BCUT2D eigenvalue weighted by molar-refractivity contribution is 0.584. The van der Waals surface area contributed by atoms with E-state index in [2.05, 4.69) is 11.2 Å². The van der Waals surface area contributed by atoms with Gasteiger partial charge in [-0.1, -0.05) is 24.4 Å². The second kappa shape index (κ2) is 4.99. The Morgan fingerprint density at radius 3 is 2.67 bits per heavy atom. The molecule has 0 spiro atoms. The summed E-state index contributed by atoms with van der Waals surface area (Å²) in [5, 5.41) is 2.72. The fourth-order valence-electron chi connectivity index (χ4n) is 1.12. The number of anilines is 1. The molecule has 1 atom stereocenters. The molecule has 4 heteroatoms. The lowest BCUT2D eigenvalue weighted by atomic mass is 10.2. The summed E-state index contributed by atoms with van der Waals surface area (Å²) in [4.78, 5) is 0. The highest BCUT2D eigenvalue weighted by Crippen LogP contribution is 2.27. The summed E-state index contributed by atoms with van der Waals surface area (Å²) in [5.41, 5.74) is 0.0443. The van der Waals surface area contributed by atoms with Gasteiger partial charge < -0.3 is 5.32 Å². The fraction of sp³-hybridized carbons (Fsp3) is 0.273. The van der Waals surface area contributed by atoms with Gasteiger partial charge in [-0.05, 0) is 12.5 Å². The zero-order valence-corrected chi connectivity index (χ0v) is 8.91. The maximum Gasteiger partial charge on any atom is 0.150 e. The first-order valence-electron chi connectivity index (χ1n) is 4.45. The van der Waals surface area contributed by atoms with Crippen molar-refractivity contribution >= 4 is 17.3 Å². The minimum atomic E-state index is -0.742. The number of rotatable bonds is 3.